The van der Waals surface area contributed by atoms with E-state index in [-0.39, 0.29) is 12.4 Å². The maximum absolute atomic E-state index is 11.0. The molecule has 20 heavy (non-hydrogen) atoms. The van der Waals surface area contributed by atoms with Crippen LogP contribution in [-0.2, 0) is 5.60 Å². The zero-order valence-corrected chi connectivity index (χ0v) is 12.4. The smallest absolute Gasteiger partial charge is 0.0909 e. The first-order chi connectivity index (χ1) is 9.12. The molecule has 0 amide bonds. The van der Waals surface area contributed by atoms with Crippen molar-refractivity contribution in [2.24, 2.45) is 23.5 Å². The van der Waals surface area contributed by atoms with Crippen LogP contribution >= 0.6 is 24.0 Å². The molecule has 0 aliphatic heterocycles. The normalized spacial score (nSPS) is 34.9. The Labute approximate surface area is 128 Å². The van der Waals surface area contributed by atoms with Crippen molar-refractivity contribution in [3.63, 3.8) is 0 Å². The van der Waals surface area contributed by atoms with Gasteiger partial charge in [0.1, 0.15) is 0 Å². The van der Waals surface area contributed by atoms with E-state index in [9.17, 15) is 5.11 Å². The minimum atomic E-state index is -0.770. The number of aromatic amines is 1. The Morgan fingerprint density at radius 2 is 2.10 bits per heavy atom. The van der Waals surface area contributed by atoms with Gasteiger partial charge in [0.15, 0.2) is 0 Å². The van der Waals surface area contributed by atoms with Gasteiger partial charge >= 0.3 is 0 Å². The molecule has 0 bridgehead atoms. The number of aromatic nitrogens is 2. The van der Waals surface area contributed by atoms with Crippen LogP contribution < -0.4 is 5.73 Å². The van der Waals surface area contributed by atoms with Crippen molar-refractivity contribution < 1.29 is 5.11 Å². The van der Waals surface area contributed by atoms with Crippen molar-refractivity contribution in [1.82, 2.24) is 10.2 Å². The Bertz CT molecular complexity index is 645. The molecule has 108 valence electrons. The second-order valence-electron chi connectivity index (χ2n) is 5.95. The number of rotatable bonds is 2. The highest BCUT2D eigenvalue weighted by Crippen LogP contribution is 2.63. The Balaban J connectivity index is 0.00000121. The molecule has 4 rings (SSSR count). The molecule has 2 unspecified atom stereocenters. The van der Waals surface area contributed by atoms with Crippen molar-refractivity contribution >= 4 is 34.9 Å². The third-order valence-electron chi connectivity index (χ3n) is 4.95. The van der Waals surface area contributed by atoms with Crippen LogP contribution in [0, 0.1) is 17.8 Å². The summed E-state index contributed by atoms with van der Waals surface area (Å²) < 4.78 is 0. The summed E-state index contributed by atoms with van der Waals surface area (Å²) in [4.78, 5) is 0. The van der Waals surface area contributed by atoms with E-state index in [0.29, 0.717) is 22.8 Å². The Kier molecular flexibility index (Phi) is 3.25. The van der Waals surface area contributed by atoms with E-state index in [1.165, 1.54) is 0 Å². The molecule has 6 heteroatoms. The van der Waals surface area contributed by atoms with Crippen LogP contribution in [0.5, 0.6) is 0 Å². The number of aliphatic hydroxyl groups is 1. The van der Waals surface area contributed by atoms with Gasteiger partial charge in [-0.2, -0.15) is 5.10 Å². The van der Waals surface area contributed by atoms with E-state index in [1.807, 2.05) is 12.1 Å². The van der Waals surface area contributed by atoms with Gasteiger partial charge in [0.25, 0.3) is 0 Å². The second-order valence-corrected chi connectivity index (χ2v) is 6.39. The Morgan fingerprint density at radius 1 is 1.40 bits per heavy atom. The molecule has 4 N–H and O–H groups in total. The minimum Gasteiger partial charge on any atom is -0.385 e. The van der Waals surface area contributed by atoms with Crippen LogP contribution in [0.4, 0.5) is 0 Å². The first-order valence-corrected chi connectivity index (χ1v) is 7.06. The third-order valence-corrected chi connectivity index (χ3v) is 5.17. The number of nitrogens with two attached hydrogens (primary N) is 1. The molecule has 4 atom stereocenters. The summed E-state index contributed by atoms with van der Waals surface area (Å²) in [5, 5.41) is 19.6. The van der Waals surface area contributed by atoms with Gasteiger partial charge in [-0.1, -0.05) is 11.6 Å². The lowest BCUT2D eigenvalue weighted by Gasteiger charge is -2.27. The summed E-state index contributed by atoms with van der Waals surface area (Å²) in [6, 6.07) is 3.72. The Hall–Kier alpha value is -0.810. The summed E-state index contributed by atoms with van der Waals surface area (Å²) in [5.74, 6) is 1.77. The molecule has 4 nitrogen and oxygen atoms in total. The SMILES string of the molecule is Cl.NCC1[C@H]2CC(O)(c3cc(Cl)cc4[nH]ncc34)C[C@@H]12. The quantitative estimate of drug-likeness (QED) is 0.797. The topological polar surface area (TPSA) is 74.9 Å². The molecule has 1 aromatic heterocycles. The van der Waals surface area contributed by atoms with Crippen LogP contribution in [0.1, 0.15) is 18.4 Å². The van der Waals surface area contributed by atoms with Crippen LogP contribution in [0.3, 0.4) is 0 Å². The van der Waals surface area contributed by atoms with Crippen molar-refractivity contribution in [3.8, 4) is 0 Å². The van der Waals surface area contributed by atoms with Gasteiger partial charge in [0, 0.05) is 10.4 Å². The first-order valence-electron chi connectivity index (χ1n) is 6.68. The molecule has 0 saturated heterocycles. The summed E-state index contributed by atoms with van der Waals surface area (Å²) in [7, 11) is 0. The van der Waals surface area contributed by atoms with Gasteiger partial charge in [-0.15, -0.1) is 12.4 Å². The standard InChI is InChI=1S/C14H16ClN3O.ClH/c15-7-1-12(11-6-17-18-13(11)2-7)14(19)3-8-9(4-14)10(8)5-16;/h1-2,6,8-10,19H,3-5,16H2,(H,17,18);1H/t8-,9+,10?,14?;. The third kappa shape index (κ3) is 1.86. The van der Waals surface area contributed by atoms with E-state index >= 15 is 0 Å². The highest BCUT2D eigenvalue weighted by Gasteiger charge is 2.60. The van der Waals surface area contributed by atoms with E-state index in [1.54, 1.807) is 6.20 Å². The average molecular weight is 314 g/mol. The fourth-order valence-corrected chi connectivity index (χ4v) is 4.18. The van der Waals surface area contributed by atoms with Gasteiger partial charge in [-0.05, 0) is 54.8 Å². The summed E-state index contributed by atoms with van der Waals surface area (Å²) >= 11 is 6.15. The zero-order chi connectivity index (χ0) is 13.2. The molecule has 2 aliphatic rings. The van der Waals surface area contributed by atoms with Gasteiger partial charge < -0.3 is 10.8 Å². The molecule has 2 fully saturated rings. The van der Waals surface area contributed by atoms with Crippen molar-refractivity contribution in [2.75, 3.05) is 6.54 Å². The maximum Gasteiger partial charge on any atom is 0.0909 e. The molecule has 0 radical (unpaired) electrons. The zero-order valence-electron chi connectivity index (χ0n) is 10.8. The highest BCUT2D eigenvalue weighted by molar-refractivity contribution is 6.31. The number of nitrogens with zero attached hydrogens (tertiary/aromatic N) is 1. The predicted molar refractivity (Wildman–Crippen MR) is 81.0 cm³/mol. The van der Waals surface area contributed by atoms with Crippen LogP contribution in [0.2, 0.25) is 5.02 Å². The summed E-state index contributed by atoms with van der Waals surface area (Å²) in [6.07, 6.45) is 3.35. The van der Waals surface area contributed by atoms with Crippen LogP contribution in [0.15, 0.2) is 18.3 Å². The number of benzene rings is 1. The first kappa shape index (κ1) is 14.1. The van der Waals surface area contributed by atoms with Gasteiger partial charge in [-0.3, -0.25) is 5.10 Å². The lowest BCUT2D eigenvalue weighted by molar-refractivity contribution is 0.0279. The lowest BCUT2D eigenvalue weighted by atomic mass is 9.85. The van der Waals surface area contributed by atoms with E-state index < -0.39 is 5.60 Å². The molecule has 1 aromatic carbocycles. The number of halogens is 2. The minimum absolute atomic E-state index is 0. The monoisotopic (exact) mass is 313 g/mol. The van der Waals surface area contributed by atoms with Crippen molar-refractivity contribution in [3.05, 3.63) is 28.9 Å². The highest BCUT2D eigenvalue weighted by atomic mass is 35.5. The second kappa shape index (κ2) is 4.60. The van der Waals surface area contributed by atoms with Gasteiger partial charge in [0.05, 0.1) is 17.3 Å². The number of hydrogen-bond acceptors (Lipinski definition) is 3. The van der Waals surface area contributed by atoms with E-state index in [0.717, 1.165) is 35.9 Å². The largest absolute Gasteiger partial charge is 0.385 e. The molecule has 2 aromatic rings. The van der Waals surface area contributed by atoms with Crippen LogP contribution in [-0.4, -0.2) is 21.8 Å². The van der Waals surface area contributed by atoms with Crippen molar-refractivity contribution in [1.29, 1.82) is 0 Å². The Morgan fingerprint density at radius 3 is 2.75 bits per heavy atom. The fraction of sp³-hybridized carbons (Fsp3) is 0.500. The van der Waals surface area contributed by atoms with Crippen molar-refractivity contribution in [2.45, 2.75) is 18.4 Å². The van der Waals surface area contributed by atoms with E-state index in [4.69, 9.17) is 17.3 Å². The van der Waals surface area contributed by atoms with Gasteiger partial charge in [0.2, 0.25) is 0 Å². The molecule has 0 spiro atoms. The molecule has 2 saturated carbocycles. The number of nitrogens with one attached hydrogen (secondary N) is 1. The van der Waals surface area contributed by atoms with Gasteiger partial charge in [-0.25, -0.2) is 0 Å². The number of hydrogen-bond donors (Lipinski definition) is 3. The summed E-state index contributed by atoms with van der Waals surface area (Å²) in [6.45, 7) is 0.738. The molecule has 2 aliphatic carbocycles. The predicted octanol–water partition coefficient (Wildman–Crippen LogP) is 2.44. The molecular formula is C14H17Cl2N3O. The molecule has 1 heterocycles. The lowest BCUT2D eigenvalue weighted by Crippen LogP contribution is -2.26. The fourth-order valence-electron chi connectivity index (χ4n) is 3.96. The van der Waals surface area contributed by atoms with Crippen LogP contribution in [0.25, 0.3) is 10.9 Å². The average Bonchev–Trinajstić information content (AvgIpc) is 2.78. The number of fused-ring (bicyclic) bond motifs is 2. The number of H-pyrrole nitrogens is 1. The molecular weight excluding hydrogens is 297 g/mol. The van der Waals surface area contributed by atoms with E-state index in [2.05, 4.69) is 10.2 Å². The summed E-state index contributed by atoms with van der Waals surface area (Å²) in [5.41, 5.74) is 6.75. The maximum atomic E-state index is 11.0.